The van der Waals surface area contributed by atoms with E-state index in [4.69, 9.17) is 0 Å². The minimum absolute atomic E-state index is 0.104. The Morgan fingerprint density at radius 1 is 0.900 bits per heavy atom. The summed E-state index contributed by atoms with van der Waals surface area (Å²) < 4.78 is 24.0. The number of allylic oxidation sites excluding steroid dienone is 1. The Balaban J connectivity index is 2.21. The third kappa shape index (κ3) is 6.90. The van der Waals surface area contributed by atoms with Gasteiger partial charge in [-0.15, -0.1) is 0 Å². The summed E-state index contributed by atoms with van der Waals surface area (Å²) in [5, 5.41) is 0. The molecule has 3 heteroatoms. The zero-order chi connectivity index (χ0) is 14.7. The molecule has 0 bridgehead atoms. The van der Waals surface area contributed by atoms with Crippen LogP contribution in [0.2, 0.25) is 0 Å². The zero-order valence-corrected chi connectivity index (χ0v) is 13.2. The lowest BCUT2D eigenvalue weighted by Gasteiger charge is -2.00. The lowest BCUT2D eigenvalue weighted by molar-refractivity contribution is 0.598. The van der Waals surface area contributed by atoms with Crippen molar-refractivity contribution in [1.82, 2.24) is 0 Å². The van der Waals surface area contributed by atoms with E-state index >= 15 is 0 Å². The van der Waals surface area contributed by atoms with Crippen LogP contribution in [0.15, 0.2) is 47.4 Å². The molecule has 0 spiro atoms. The molecule has 0 aliphatic carbocycles. The van der Waals surface area contributed by atoms with Crippen LogP contribution in [-0.2, 0) is 9.84 Å². The summed E-state index contributed by atoms with van der Waals surface area (Å²) in [6, 6.07) is 8.64. The molecule has 0 heterocycles. The number of sulfone groups is 1. The second kappa shape index (κ2) is 9.76. The first-order valence-electron chi connectivity index (χ1n) is 7.59. The molecule has 20 heavy (non-hydrogen) atoms. The summed E-state index contributed by atoms with van der Waals surface area (Å²) in [6.07, 6.45) is 12.4. The lowest BCUT2D eigenvalue weighted by Crippen LogP contribution is -2.04. The van der Waals surface area contributed by atoms with Gasteiger partial charge in [0.05, 0.1) is 10.6 Å². The van der Waals surface area contributed by atoms with Crippen LogP contribution in [0.25, 0.3) is 0 Å². The number of unbranched alkanes of at least 4 members (excludes halogenated alkanes) is 6. The highest BCUT2D eigenvalue weighted by Crippen LogP contribution is 2.11. The summed E-state index contributed by atoms with van der Waals surface area (Å²) in [5.41, 5.74) is 0. The van der Waals surface area contributed by atoms with Crippen LogP contribution in [-0.4, -0.2) is 14.2 Å². The number of hydrogen-bond donors (Lipinski definition) is 0. The van der Waals surface area contributed by atoms with Gasteiger partial charge in [-0.1, -0.05) is 69.4 Å². The summed E-state index contributed by atoms with van der Waals surface area (Å²) in [7, 11) is -3.15. The van der Waals surface area contributed by atoms with Gasteiger partial charge in [0.25, 0.3) is 0 Å². The van der Waals surface area contributed by atoms with Gasteiger partial charge in [0.1, 0.15) is 0 Å². The van der Waals surface area contributed by atoms with Crippen molar-refractivity contribution in [2.75, 3.05) is 5.75 Å². The van der Waals surface area contributed by atoms with Gasteiger partial charge < -0.3 is 0 Å². The highest BCUT2D eigenvalue weighted by molar-refractivity contribution is 7.91. The standard InChI is InChI=1S/C17H26O2S/c1-2-3-4-5-6-7-8-9-13-16-20(18,19)17-14-11-10-12-15-17/h9-15H,2-8,16H2,1H3/b13-9-. The third-order valence-electron chi connectivity index (χ3n) is 3.31. The number of rotatable bonds is 10. The Morgan fingerprint density at radius 3 is 2.25 bits per heavy atom. The molecule has 112 valence electrons. The summed E-state index contributed by atoms with van der Waals surface area (Å²) in [6.45, 7) is 2.22. The average molecular weight is 294 g/mol. The molecule has 0 aliphatic heterocycles. The molecular formula is C17H26O2S. The smallest absolute Gasteiger partial charge is 0.181 e. The van der Waals surface area contributed by atoms with Crippen LogP contribution >= 0.6 is 0 Å². The van der Waals surface area contributed by atoms with Crippen molar-refractivity contribution >= 4 is 9.84 Å². The molecule has 0 unspecified atom stereocenters. The molecule has 1 aromatic rings. The van der Waals surface area contributed by atoms with E-state index in [9.17, 15) is 8.42 Å². The molecule has 2 nitrogen and oxygen atoms in total. The van der Waals surface area contributed by atoms with Crippen LogP contribution in [0.1, 0.15) is 51.9 Å². The van der Waals surface area contributed by atoms with Gasteiger partial charge in [-0.3, -0.25) is 0 Å². The van der Waals surface area contributed by atoms with Gasteiger partial charge in [0, 0.05) is 0 Å². The minimum atomic E-state index is -3.15. The van der Waals surface area contributed by atoms with Crippen molar-refractivity contribution in [3.8, 4) is 0 Å². The Bertz CT molecular complexity index is 475. The lowest BCUT2D eigenvalue weighted by atomic mass is 10.1. The van der Waals surface area contributed by atoms with E-state index < -0.39 is 9.84 Å². The van der Waals surface area contributed by atoms with Gasteiger partial charge in [0.15, 0.2) is 9.84 Å². The molecule has 0 saturated carbocycles. The fourth-order valence-electron chi connectivity index (χ4n) is 2.08. The molecule has 0 saturated heterocycles. The average Bonchev–Trinajstić information content (AvgIpc) is 2.46. The summed E-state index contributed by atoms with van der Waals surface area (Å²) in [5.74, 6) is 0.104. The fraction of sp³-hybridized carbons (Fsp3) is 0.529. The van der Waals surface area contributed by atoms with E-state index in [1.807, 2.05) is 12.1 Å². The third-order valence-corrected chi connectivity index (χ3v) is 4.93. The van der Waals surface area contributed by atoms with Crippen molar-refractivity contribution in [2.24, 2.45) is 0 Å². The second-order valence-electron chi connectivity index (χ2n) is 5.12. The topological polar surface area (TPSA) is 34.1 Å². The Labute approximate surface area is 123 Å². The van der Waals surface area contributed by atoms with Crippen molar-refractivity contribution in [3.05, 3.63) is 42.5 Å². The maximum Gasteiger partial charge on any atom is 0.181 e. The van der Waals surface area contributed by atoms with Gasteiger partial charge in [-0.2, -0.15) is 0 Å². The number of hydrogen-bond acceptors (Lipinski definition) is 2. The van der Waals surface area contributed by atoms with Crippen molar-refractivity contribution < 1.29 is 8.42 Å². The van der Waals surface area contributed by atoms with E-state index in [-0.39, 0.29) is 5.75 Å². The fourth-order valence-corrected chi connectivity index (χ4v) is 3.23. The van der Waals surface area contributed by atoms with E-state index in [2.05, 4.69) is 6.92 Å². The molecule has 0 N–H and O–H groups in total. The molecule has 1 rings (SSSR count). The SMILES string of the molecule is CCCCCCCC/C=C\CS(=O)(=O)c1ccccc1. The Hall–Kier alpha value is -1.09. The minimum Gasteiger partial charge on any atom is -0.223 e. The molecule has 0 fully saturated rings. The largest absolute Gasteiger partial charge is 0.223 e. The molecule has 0 aliphatic rings. The van der Waals surface area contributed by atoms with E-state index in [1.54, 1.807) is 30.3 Å². The maximum absolute atomic E-state index is 12.0. The predicted molar refractivity (Wildman–Crippen MR) is 85.6 cm³/mol. The first-order valence-corrected chi connectivity index (χ1v) is 9.25. The van der Waals surface area contributed by atoms with Crippen LogP contribution in [0, 0.1) is 0 Å². The van der Waals surface area contributed by atoms with Crippen molar-refractivity contribution in [2.45, 2.75) is 56.8 Å². The van der Waals surface area contributed by atoms with E-state index in [0.717, 1.165) is 12.8 Å². The number of benzene rings is 1. The highest BCUT2D eigenvalue weighted by Gasteiger charge is 2.10. The van der Waals surface area contributed by atoms with Crippen LogP contribution in [0.5, 0.6) is 0 Å². The first-order chi connectivity index (χ1) is 9.67. The van der Waals surface area contributed by atoms with E-state index in [0.29, 0.717) is 4.90 Å². The Kier molecular flexibility index (Phi) is 8.28. The maximum atomic E-state index is 12.0. The van der Waals surface area contributed by atoms with Gasteiger partial charge >= 0.3 is 0 Å². The normalized spacial score (nSPS) is 12.1. The van der Waals surface area contributed by atoms with Crippen LogP contribution in [0.3, 0.4) is 0 Å². The van der Waals surface area contributed by atoms with Crippen LogP contribution in [0.4, 0.5) is 0 Å². The van der Waals surface area contributed by atoms with Crippen LogP contribution < -0.4 is 0 Å². The summed E-state index contributed by atoms with van der Waals surface area (Å²) >= 11 is 0. The van der Waals surface area contributed by atoms with E-state index in [1.165, 1.54) is 32.1 Å². The molecular weight excluding hydrogens is 268 g/mol. The highest BCUT2D eigenvalue weighted by atomic mass is 32.2. The van der Waals surface area contributed by atoms with Crippen molar-refractivity contribution in [3.63, 3.8) is 0 Å². The van der Waals surface area contributed by atoms with Gasteiger partial charge in [0.2, 0.25) is 0 Å². The molecule has 1 aromatic carbocycles. The van der Waals surface area contributed by atoms with Crippen molar-refractivity contribution in [1.29, 1.82) is 0 Å². The zero-order valence-electron chi connectivity index (χ0n) is 12.4. The van der Waals surface area contributed by atoms with Gasteiger partial charge in [-0.25, -0.2) is 8.42 Å². The monoisotopic (exact) mass is 294 g/mol. The second-order valence-corrected chi connectivity index (χ2v) is 7.16. The Morgan fingerprint density at radius 2 is 1.55 bits per heavy atom. The predicted octanol–water partition coefficient (Wildman–Crippen LogP) is 4.77. The molecule has 0 radical (unpaired) electrons. The quantitative estimate of drug-likeness (QED) is 0.460. The molecule has 0 aromatic heterocycles. The van der Waals surface area contributed by atoms with Gasteiger partial charge in [-0.05, 0) is 25.0 Å². The first kappa shape index (κ1) is 17.0. The molecule has 0 atom stereocenters. The molecule has 0 amide bonds. The summed E-state index contributed by atoms with van der Waals surface area (Å²) in [4.78, 5) is 0.407.